The van der Waals surface area contributed by atoms with Crippen LogP contribution in [0, 0.1) is 6.92 Å². The molecular weight excluding hydrogens is 875 g/mol. The quantitative estimate of drug-likeness (QED) is 0.0543. The molecule has 1 fully saturated rings. The second kappa shape index (κ2) is 21.4. The molecule has 0 radical (unpaired) electrons. The number of rotatable bonds is 20. The first-order valence-corrected chi connectivity index (χ1v) is 21.9. The van der Waals surface area contributed by atoms with Gasteiger partial charge in [0.05, 0.1) is 29.3 Å². The minimum atomic E-state index is -4.47. The number of benzene rings is 2. The SMILES string of the molecule is CCOC(=O)[C@@H](Cc1ccccc1OCc1ccnn1CC(F)(F)F)Oc1ncnc2sc(-c3ccc(OCCOC)nc3)c(-c3ccc(OCCN4CCN(C)CC4)c(Cl)c3C)c12. The number of para-hydroxylation sites is 1. The van der Waals surface area contributed by atoms with E-state index in [9.17, 15) is 18.0 Å². The highest BCUT2D eigenvalue weighted by molar-refractivity contribution is 7.22. The van der Waals surface area contributed by atoms with Crippen LogP contribution in [0.4, 0.5) is 13.2 Å². The van der Waals surface area contributed by atoms with Crippen molar-refractivity contribution in [2.75, 3.05) is 73.3 Å². The Kier molecular flexibility index (Phi) is 15.6. The topological polar surface area (TPSA) is 135 Å². The number of thiophene rings is 1. The van der Waals surface area contributed by atoms with Crippen molar-refractivity contribution >= 4 is 39.1 Å². The number of likely N-dealkylation sites (N-methyl/N-ethyl adjacent to an activating group) is 1. The van der Waals surface area contributed by atoms with Gasteiger partial charge < -0.3 is 33.3 Å². The van der Waals surface area contributed by atoms with Gasteiger partial charge in [-0.25, -0.2) is 19.7 Å². The van der Waals surface area contributed by atoms with Crippen molar-refractivity contribution in [2.45, 2.75) is 45.7 Å². The summed E-state index contributed by atoms with van der Waals surface area (Å²) in [6.45, 7) is 8.16. The Hall–Kier alpha value is -5.53. The minimum Gasteiger partial charge on any atom is -0.491 e. The standard InChI is InChI=1S/C45H49ClF3N7O7S/c1-5-59-44(57)36(24-30-8-6-7-9-34(30)62-26-32-14-15-53-56(32)27-45(47,48)49)63-42-39-38(33-11-12-35(40(46)29(33)2)60-21-20-55-18-16-54(3)17-19-55)41(64-43(39)52-28-51-42)31-10-13-37(50-25-31)61-23-22-58-4/h6-15,25,28,36H,5,16-24,26-27H2,1-4H3/t36-/m1/s1. The Morgan fingerprint density at radius 1 is 0.938 bits per heavy atom. The Balaban J connectivity index is 1.23. The predicted molar refractivity (Wildman–Crippen MR) is 236 cm³/mol. The molecule has 0 bridgehead atoms. The summed E-state index contributed by atoms with van der Waals surface area (Å²) in [6.07, 6.45) is -1.37. The number of carbonyl (C=O) groups is 1. The van der Waals surface area contributed by atoms with Crippen LogP contribution in [0.15, 0.2) is 73.3 Å². The van der Waals surface area contributed by atoms with Crippen molar-refractivity contribution < 1.29 is 46.4 Å². The van der Waals surface area contributed by atoms with Gasteiger partial charge in [-0.2, -0.15) is 18.3 Å². The largest absolute Gasteiger partial charge is 0.491 e. The molecule has 0 amide bonds. The molecule has 4 aromatic heterocycles. The lowest BCUT2D eigenvalue weighted by Crippen LogP contribution is -2.45. The maximum absolute atomic E-state index is 13.8. The van der Waals surface area contributed by atoms with E-state index in [1.807, 2.05) is 25.1 Å². The van der Waals surface area contributed by atoms with Crippen molar-refractivity contribution in [3.8, 4) is 44.8 Å². The zero-order chi connectivity index (χ0) is 45.2. The highest BCUT2D eigenvalue weighted by Crippen LogP contribution is 2.49. The van der Waals surface area contributed by atoms with Crippen LogP contribution in [0.2, 0.25) is 5.02 Å². The van der Waals surface area contributed by atoms with Gasteiger partial charge in [0.2, 0.25) is 17.9 Å². The Morgan fingerprint density at radius 3 is 2.50 bits per heavy atom. The number of fused-ring (bicyclic) bond motifs is 1. The van der Waals surface area contributed by atoms with Gasteiger partial charge in [0, 0.05) is 80.7 Å². The maximum Gasteiger partial charge on any atom is 0.408 e. The second-order valence-electron chi connectivity index (χ2n) is 15.0. The molecule has 1 aliphatic heterocycles. The van der Waals surface area contributed by atoms with Crippen LogP contribution in [0.5, 0.6) is 23.3 Å². The van der Waals surface area contributed by atoms with Gasteiger partial charge in [-0.3, -0.25) is 9.58 Å². The van der Waals surface area contributed by atoms with E-state index in [0.717, 1.165) is 59.0 Å². The van der Waals surface area contributed by atoms with E-state index >= 15 is 0 Å². The average molecular weight is 924 g/mol. The van der Waals surface area contributed by atoms with Crippen LogP contribution in [-0.4, -0.2) is 126 Å². The Morgan fingerprint density at radius 2 is 1.75 bits per heavy atom. The lowest BCUT2D eigenvalue weighted by atomic mass is 9.96. The number of halogens is 4. The number of hydrogen-bond acceptors (Lipinski definition) is 14. The first-order chi connectivity index (χ1) is 30.9. The fraction of sp³-hybridized carbons (Fsp3) is 0.400. The summed E-state index contributed by atoms with van der Waals surface area (Å²) in [5.74, 6) is 0.779. The van der Waals surface area contributed by atoms with Gasteiger partial charge in [0.1, 0.15) is 49.0 Å². The lowest BCUT2D eigenvalue weighted by Gasteiger charge is -2.32. The molecule has 64 heavy (non-hydrogen) atoms. The molecule has 0 saturated carbocycles. The number of hydrogen-bond donors (Lipinski definition) is 0. The molecule has 2 aromatic carbocycles. The van der Waals surface area contributed by atoms with Crippen molar-refractivity contribution in [3.63, 3.8) is 0 Å². The summed E-state index contributed by atoms with van der Waals surface area (Å²) in [5.41, 5.74) is 3.73. The molecule has 1 atom stereocenters. The summed E-state index contributed by atoms with van der Waals surface area (Å²) in [4.78, 5) is 33.6. The maximum atomic E-state index is 13.8. The summed E-state index contributed by atoms with van der Waals surface area (Å²) < 4.78 is 75.8. The number of esters is 1. The molecule has 7 rings (SSSR count). The number of alkyl halides is 3. The minimum absolute atomic E-state index is 0.0336. The number of aromatic nitrogens is 5. The third-order valence-corrected chi connectivity index (χ3v) is 12.2. The van der Waals surface area contributed by atoms with E-state index in [4.69, 9.17) is 40.0 Å². The molecule has 0 aliphatic carbocycles. The van der Waals surface area contributed by atoms with E-state index in [2.05, 4.69) is 36.9 Å². The van der Waals surface area contributed by atoms with Gasteiger partial charge in [-0.1, -0.05) is 35.9 Å². The number of carbonyl (C=O) groups excluding carboxylic acids is 1. The third kappa shape index (κ3) is 11.6. The van der Waals surface area contributed by atoms with Gasteiger partial charge in [-0.15, -0.1) is 11.3 Å². The lowest BCUT2D eigenvalue weighted by molar-refractivity contribution is -0.151. The number of ether oxygens (including phenoxy) is 6. The summed E-state index contributed by atoms with van der Waals surface area (Å²) in [7, 11) is 3.72. The summed E-state index contributed by atoms with van der Waals surface area (Å²) in [5, 5.41) is 4.78. The zero-order valence-electron chi connectivity index (χ0n) is 35.9. The van der Waals surface area contributed by atoms with Crippen LogP contribution in [0.3, 0.4) is 0 Å². The highest BCUT2D eigenvalue weighted by atomic mass is 35.5. The van der Waals surface area contributed by atoms with Gasteiger partial charge in [-0.05, 0) is 61.9 Å². The van der Waals surface area contributed by atoms with Crippen molar-refractivity contribution in [2.24, 2.45) is 0 Å². The smallest absolute Gasteiger partial charge is 0.408 e. The van der Waals surface area contributed by atoms with E-state index in [-0.39, 0.29) is 31.2 Å². The van der Waals surface area contributed by atoms with Gasteiger partial charge >= 0.3 is 12.1 Å². The molecule has 1 saturated heterocycles. The van der Waals surface area contributed by atoms with Crippen LogP contribution >= 0.6 is 22.9 Å². The monoisotopic (exact) mass is 923 g/mol. The number of methoxy groups -OCH3 is 1. The summed E-state index contributed by atoms with van der Waals surface area (Å²) in [6, 6.07) is 15.8. The first-order valence-electron chi connectivity index (χ1n) is 20.7. The number of nitrogens with zero attached hydrogens (tertiary/aromatic N) is 7. The molecule has 14 nitrogen and oxygen atoms in total. The molecule has 0 N–H and O–H groups in total. The van der Waals surface area contributed by atoms with E-state index in [1.54, 1.807) is 50.6 Å². The number of pyridine rings is 1. The zero-order valence-corrected chi connectivity index (χ0v) is 37.5. The summed E-state index contributed by atoms with van der Waals surface area (Å²) >= 11 is 8.51. The third-order valence-electron chi connectivity index (χ3n) is 10.6. The molecule has 0 unspecified atom stereocenters. The van der Waals surface area contributed by atoms with Gasteiger partial charge in [0.15, 0.2) is 0 Å². The van der Waals surface area contributed by atoms with Crippen molar-refractivity contribution in [1.29, 1.82) is 0 Å². The first kappa shape index (κ1) is 46.5. The molecule has 5 heterocycles. The highest BCUT2D eigenvalue weighted by Gasteiger charge is 2.31. The molecular formula is C45H49ClF3N7O7S. The Labute approximate surface area is 377 Å². The fourth-order valence-corrected chi connectivity index (χ4v) is 8.54. The van der Waals surface area contributed by atoms with Crippen LogP contribution in [-0.2, 0) is 33.8 Å². The normalized spacial score (nSPS) is 14.1. The number of piperazine rings is 1. The molecule has 340 valence electrons. The predicted octanol–water partition coefficient (Wildman–Crippen LogP) is 7.92. The Bertz CT molecular complexity index is 2500. The molecule has 6 aromatic rings. The van der Waals surface area contributed by atoms with Crippen LogP contribution in [0.25, 0.3) is 31.8 Å². The molecule has 19 heteroatoms. The van der Waals surface area contributed by atoms with Gasteiger partial charge in [0.25, 0.3) is 0 Å². The second-order valence-corrected chi connectivity index (χ2v) is 16.4. The van der Waals surface area contributed by atoms with Crippen LogP contribution in [0.1, 0.15) is 23.7 Å². The van der Waals surface area contributed by atoms with Crippen LogP contribution < -0.4 is 18.9 Å². The van der Waals surface area contributed by atoms with Crippen molar-refractivity contribution in [1.82, 2.24) is 34.5 Å². The van der Waals surface area contributed by atoms with E-state index in [0.29, 0.717) is 63.6 Å². The molecule has 0 spiro atoms. The van der Waals surface area contributed by atoms with Crippen molar-refractivity contribution in [3.05, 3.63) is 95.2 Å². The molecule has 1 aliphatic rings. The average Bonchev–Trinajstić information content (AvgIpc) is 3.89. The van der Waals surface area contributed by atoms with E-state index in [1.165, 1.54) is 29.9 Å². The fourth-order valence-electron chi connectivity index (χ4n) is 7.19. The van der Waals surface area contributed by atoms with E-state index < -0.39 is 24.8 Å².